The van der Waals surface area contributed by atoms with Crippen molar-refractivity contribution in [1.29, 1.82) is 0 Å². The van der Waals surface area contributed by atoms with E-state index in [4.69, 9.17) is 8.53 Å². The molecule has 1 nitrogen and oxygen atoms in total. The number of fused-ring (bicyclic) bond motifs is 6. The second-order valence-corrected chi connectivity index (χ2v) is 10.8. The lowest BCUT2D eigenvalue weighted by atomic mass is 9.85. The van der Waals surface area contributed by atoms with E-state index in [0.29, 0.717) is 22.1 Å². The first-order valence-electron chi connectivity index (χ1n) is 17.3. The molecular formula is C42H26O. The quantitative estimate of drug-likeness (QED) is 0.199. The van der Waals surface area contributed by atoms with Gasteiger partial charge in [-0.15, -0.1) is 0 Å². The van der Waals surface area contributed by atoms with Crippen LogP contribution in [0.3, 0.4) is 0 Å². The first kappa shape index (κ1) is 18.7. The van der Waals surface area contributed by atoms with Crippen LogP contribution in [0.25, 0.3) is 87.6 Å². The topological polar surface area (TPSA) is 13.1 Å². The lowest BCUT2D eigenvalue weighted by molar-refractivity contribution is 0.669. The van der Waals surface area contributed by atoms with Crippen LogP contribution in [0.4, 0.5) is 0 Å². The van der Waals surface area contributed by atoms with Crippen molar-refractivity contribution in [2.24, 2.45) is 0 Å². The van der Waals surface area contributed by atoms with Crippen molar-refractivity contribution in [3.63, 3.8) is 0 Å². The fourth-order valence-electron chi connectivity index (χ4n) is 6.45. The molecule has 0 bridgehead atoms. The van der Waals surface area contributed by atoms with Crippen molar-refractivity contribution < 1.29 is 12.6 Å². The predicted octanol–water partition coefficient (Wildman–Crippen LogP) is 12.0. The Bertz CT molecular complexity index is 2780. The highest BCUT2D eigenvalue weighted by molar-refractivity contribution is 6.22. The van der Waals surface area contributed by atoms with Gasteiger partial charge in [0, 0.05) is 10.8 Å². The van der Waals surface area contributed by atoms with E-state index in [1.165, 1.54) is 0 Å². The Labute approximate surface area is 257 Å². The Balaban J connectivity index is 1.42. The third-order valence-electron chi connectivity index (χ3n) is 8.35. The van der Waals surface area contributed by atoms with Crippen LogP contribution in [0.2, 0.25) is 0 Å². The minimum absolute atomic E-state index is 0.0368. The zero-order valence-corrected chi connectivity index (χ0v) is 23.0. The summed E-state index contributed by atoms with van der Waals surface area (Å²) < 4.78 is 60.9. The van der Waals surface area contributed by atoms with Gasteiger partial charge in [-0.1, -0.05) is 133 Å². The summed E-state index contributed by atoms with van der Waals surface area (Å²) in [7, 11) is 0. The van der Waals surface area contributed by atoms with Crippen LogP contribution < -0.4 is 0 Å². The van der Waals surface area contributed by atoms with E-state index >= 15 is 0 Å². The van der Waals surface area contributed by atoms with Gasteiger partial charge in [-0.2, -0.15) is 0 Å². The van der Waals surface area contributed by atoms with Crippen LogP contribution in [0.15, 0.2) is 162 Å². The monoisotopic (exact) mass is 552 g/mol. The van der Waals surface area contributed by atoms with Crippen molar-refractivity contribution in [2.45, 2.75) is 0 Å². The van der Waals surface area contributed by atoms with Gasteiger partial charge in [0.15, 0.2) is 0 Å². The normalized spacial score (nSPS) is 13.7. The molecule has 200 valence electrons. The molecule has 0 atom stereocenters. The lowest BCUT2D eigenvalue weighted by Gasteiger charge is -2.18. The van der Waals surface area contributed by atoms with E-state index in [1.807, 2.05) is 78.9 Å². The van der Waals surface area contributed by atoms with Gasteiger partial charge in [0.05, 0.1) is 8.22 Å². The number of benzene rings is 8. The van der Waals surface area contributed by atoms with Crippen molar-refractivity contribution in [2.75, 3.05) is 0 Å². The molecule has 0 fully saturated rings. The van der Waals surface area contributed by atoms with Gasteiger partial charge >= 0.3 is 0 Å². The molecule has 0 aliphatic rings. The maximum atomic E-state index is 9.61. The molecule has 1 heteroatoms. The van der Waals surface area contributed by atoms with Gasteiger partial charge in [-0.3, -0.25) is 0 Å². The zero-order valence-electron chi connectivity index (χ0n) is 29.0. The number of furan rings is 1. The van der Waals surface area contributed by atoms with Crippen LogP contribution in [-0.4, -0.2) is 0 Å². The largest absolute Gasteiger partial charge is 0.456 e. The van der Waals surface area contributed by atoms with Crippen LogP contribution in [-0.2, 0) is 0 Å². The summed E-state index contributed by atoms with van der Waals surface area (Å²) in [6.45, 7) is 0. The number of rotatable bonds is 3. The fourth-order valence-corrected chi connectivity index (χ4v) is 6.45. The van der Waals surface area contributed by atoms with E-state index in [9.17, 15) is 4.11 Å². The Morgan fingerprint density at radius 1 is 0.442 bits per heavy atom. The van der Waals surface area contributed by atoms with E-state index in [2.05, 4.69) is 42.5 Å². The van der Waals surface area contributed by atoms with Gasteiger partial charge in [0.2, 0.25) is 0 Å². The summed E-state index contributed by atoms with van der Waals surface area (Å²) >= 11 is 0. The molecule has 9 rings (SSSR count). The molecule has 43 heavy (non-hydrogen) atoms. The first-order valence-corrected chi connectivity index (χ1v) is 14.3. The summed E-state index contributed by atoms with van der Waals surface area (Å²) in [4.78, 5) is 0. The molecule has 0 N–H and O–H groups in total. The minimum Gasteiger partial charge on any atom is -0.456 e. The molecule has 8 aromatic carbocycles. The van der Waals surface area contributed by atoms with Gasteiger partial charge in [0.25, 0.3) is 0 Å². The molecule has 1 heterocycles. The second kappa shape index (κ2) is 9.44. The van der Waals surface area contributed by atoms with Crippen LogP contribution in [0.1, 0.15) is 8.22 Å². The van der Waals surface area contributed by atoms with Gasteiger partial charge < -0.3 is 4.42 Å². The van der Waals surface area contributed by atoms with Crippen LogP contribution >= 0.6 is 0 Å². The SMILES string of the molecule is [2H]c1c([2H])c(-c2ccccc2)c2c(oc3c([2H])c(-c4c5ccccc5c(-c5ccc6ccccc6c5)c5ccccc45)c([2H])c([2H])c32)c1[2H]. The Kier molecular flexibility index (Phi) is 4.11. The van der Waals surface area contributed by atoms with Crippen LogP contribution in [0.5, 0.6) is 0 Å². The molecule has 0 aliphatic heterocycles. The molecular weight excluding hydrogens is 520 g/mol. The average Bonchev–Trinajstić information content (AvgIpc) is 3.54. The van der Waals surface area contributed by atoms with Gasteiger partial charge in [-0.05, 0) is 89.9 Å². The smallest absolute Gasteiger partial charge is 0.136 e. The molecule has 0 aliphatic carbocycles. The number of hydrogen-bond donors (Lipinski definition) is 0. The van der Waals surface area contributed by atoms with Crippen molar-refractivity contribution in [1.82, 2.24) is 0 Å². The van der Waals surface area contributed by atoms with E-state index in [1.54, 1.807) is 0 Å². The molecule has 0 saturated heterocycles. The number of hydrogen-bond acceptors (Lipinski definition) is 1. The molecule has 0 amide bonds. The van der Waals surface area contributed by atoms with Crippen molar-refractivity contribution in [3.05, 3.63) is 158 Å². The maximum Gasteiger partial charge on any atom is 0.136 e. The molecule has 0 radical (unpaired) electrons. The highest BCUT2D eigenvalue weighted by Gasteiger charge is 2.19. The summed E-state index contributed by atoms with van der Waals surface area (Å²) in [5.41, 5.74) is 4.12. The Hall–Kier alpha value is -5.66. The molecule has 1 aromatic heterocycles. The third kappa shape index (κ3) is 3.72. The Morgan fingerprint density at radius 3 is 1.79 bits per heavy atom. The van der Waals surface area contributed by atoms with E-state index in [-0.39, 0.29) is 58.4 Å². The molecule has 9 aromatic rings. The summed E-state index contributed by atoms with van der Waals surface area (Å²) in [5.74, 6) is 0. The van der Waals surface area contributed by atoms with E-state index < -0.39 is 0 Å². The summed E-state index contributed by atoms with van der Waals surface area (Å²) in [5, 5.41) is 6.39. The summed E-state index contributed by atoms with van der Waals surface area (Å²) in [6.07, 6.45) is 0. The van der Waals surface area contributed by atoms with Gasteiger partial charge in [0.1, 0.15) is 11.2 Å². The molecule has 0 saturated carbocycles. The highest BCUT2D eigenvalue weighted by Crippen LogP contribution is 2.45. The van der Waals surface area contributed by atoms with Gasteiger partial charge in [-0.25, -0.2) is 0 Å². The van der Waals surface area contributed by atoms with E-state index in [0.717, 1.165) is 43.4 Å². The second-order valence-electron chi connectivity index (χ2n) is 10.8. The fraction of sp³-hybridized carbons (Fsp3) is 0. The predicted molar refractivity (Wildman–Crippen MR) is 183 cm³/mol. The minimum atomic E-state index is -0.295. The summed E-state index contributed by atoms with van der Waals surface area (Å²) in [6, 6.07) is 38.8. The highest BCUT2D eigenvalue weighted by atomic mass is 16.3. The first-order chi connectivity index (χ1) is 23.8. The zero-order chi connectivity index (χ0) is 33.6. The maximum absolute atomic E-state index is 9.61. The van der Waals surface area contributed by atoms with Crippen molar-refractivity contribution >= 4 is 54.3 Å². The Morgan fingerprint density at radius 2 is 1.07 bits per heavy atom. The van der Waals surface area contributed by atoms with Crippen molar-refractivity contribution in [3.8, 4) is 33.4 Å². The molecule has 0 unspecified atom stereocenters. The molecule has 0 spiro atoms. The standard InChI is InChI=1S/C42H26O/c1-2-12-28(13-3-1)32-19-10-20-38-42(32)37-24-23-31(26-39(37)43-38)41-35-17-8-6-15-33(35)40(34-16-7-9-18-36(34)41)30-22-21-27-11-4-5-14-29(27)25-30/h1-26H/i10D,19D,20D,23D,24D,26D. The third-order valence-corrected chi connectivity index (χ3v) is 8.35. The lowest BCUT2D eigenvalue weighted by Crippen LogP contribution is -1.91. The average molecular weight is 553 g/mol. The van der Waals surface area contributed by atoms with Crippen LogP contribution in [0, 0.1) is 0 Å².